The Morgan fingerprint density at radius 2 is 1.66 bits per heavy atom. The molecule has 35 heavy (non-hydrogen) atoms. The molecule has 0 aliphatic carbocycles. The smallest absolute Gasteiger partial charge is 0.244 e. The van der Waals surface area contributed by atoms with Crippen molar-refractivity contribution < 1.29 is 27.5 Å². The van der Waals surface area contributed by atoms with Gasteiger partial charge in [-0.1, -0.05) is 44.2 Å². The van der Waals surface area contributed by atoms with Crippen LogP contribution in [0.25, 0.3) is 0 Å². The third-order valence-electron chi connectivity index (χ3n) is 5.38. The van der Waals surface area contributed by atoms with Crippen molar-refractivity contribution in [1.82, 2.24) is 10.2 Å². The lowest BCUT2D eigenvalue weighted by molar-refractivity contribution is -0.139. The van der Waals surface area contributed by atoms with Crippen molar-refractivity contribution in [3.05, 3.63) is 54.1 Å². The van der Waals surface area contributed by atoms with Gasteiger partial charge in [0.2, 0.25) is 21.8 Å². The lowest BCUT2D eigenvalue weighted by Gasteiger charge is -2.32. The molecule has 9 nitrogen and oxygen atoms in total. The molecule has 0 aromatic heterocycles. The van der Waals surface area contributed by atoms with Gasteiger partial charge in [-0.2, -0.15) is 0 Å². The first-order chi connectivity index (χ1) is 16.5. The number of sulfonamides is 1. The summed E-state index contributed by atoms with van der Waals surface area (Å²) in [5.41, 5.74) is 0.980. The summed E-state index contributed by atoms with van der Waals surface area (Å²) in [6.45, 7) is 5.67. The van der Waals surface area contributed by atoms with Crippen molar-refractivity contribution in [3.63, 3.8) is 0 Å². The van der Waals surface area contributed by atoms with Crippen molar-refractivity contribution in [2.24, 2.45) is 5.92 Å². The molecule has 0 aliphatic rings. The Morgan fingerprint density at radius 1 is 1.00 bits per heavy atom. The Morgan fingerprint density at radius 3 is 2.20 bits per heavy atom. The van der Waals surface area contributed by atoms with E-state index in [9.17, 15) is 18.0 Å². The number of hydrogen-bond donors (Lipinski definition) is 1. The second-order valence-corrected chi connectivity index (χ2v) is 10.5. The molecule has 10 heteroatoms. The fourth-order valence-corrected chi connectivity index (χ4v) is 4.25. The number of rotatable bonds is 12. The molecule has 0 fully saturated rings. The highest BCUT2D eigenvalue weighted by Crippen LogP contribution is 2.33. The van der Waals surface area contributed by atoms with Crippen LogP contribution < -0.4 is 19.1 Å². The number of ether oxygens (including phenoxy) is 2. The number of benzene rings is 2. The van der Waals surface area contributed by atoms with E-state index in [2.05, 4.69) is 5.32 Å². The molecule has 0 saturated heterocycles. The molecule has 2 rings (SSSR count). The normalized spacial score (nSPS) is 12.1. The summed E-state index contributed by atoms with van der Waals surface area (Å²) in [5.74, 6) is 0.0701. The number of nitrogens with one attached hydrogen (secondary N) is 1. The fourth-order valence-electron chi connectivity index (χ4n) is 3.40. The zero-order valence-corrected chi connectivity index (χ0v) is 22.0. The Kier molecular flexibility index (Phi) is 9.94. The summed E-state index contributed by atoms with van der Waals surface area (Å²) in [6.07, 6.45) is 1.01. The molecular weight excluding hydrogens is 470 g/mol. The zero-order valence-electron chi connectivity index (χ0n) is 21.1. The van der Waals surface area contributed by atoms with E-state index in [1.54, 1.807) is 19.1 Å². The Labute approximate surface area is 208 Å². The highest BCUT2D eigenvalue weighted by Gasteiger charge is 2.31. The monoisotopic (exact) mass is 505 g/mol. The Bertz CT molecular complexity index is 1110. The van der Waals surface area contributed by atoms with E-state index in [1.165, 1.54) is 25.2 Å². The lowest BCUT2D eigenvalue weighted by atomic mass is 10.1. The van der Waals surface area contributed by atoms with Crippen LogP contribution in [0, 0.1) is 5.92 Å². The molecule has 0 radical (unpaired) electrons. The van der Waals surface area contributed by atoms with Gasteiger partial charge >= 0.3 is 0 Å². The van der Waals surface area contributed by atoms with Gasteiger partial charge in [-0.3, -0.25) is 13.9 Å². The molecule has 2 aromatic rings. The van der Waals surface area contributed by atoms with Gasteiger partial charge in [0.1, 0.15) is 24.1 Å². The predicted octanol–water partition coefficient (Wildman–Crippen LogP) is 2.66. The Hall–Kier alpha value is -3.27. The average Bonchev–Trinajstić information content (AvgIpc) is 2.83. The summed E-state index contributed by atoms with van der Waals surface area (Å²) >= 11 is 0. The molecule has 0 spiro atoms. The number of hydrogen-bond acceptors (Lipinski definition) is 6. The van der Waals surface area contributed by atoms with E-state index in [1.807, 2.05) is 44.2 Å². The number of carbonyl (C=O) groups excluding carboxylic acids is 2. The van der Waals surface area contributed by atoms with Crippen LogP contribution in [0.2, 0.25) is 0 Å². The van der Waals surface area contributed by atoms with Gasteiger partial charge in [0.25, 0.3) is 0 Å². The second-order valence-electron chi connectivity index (χ2n) is 8.63. The van der Waals surface area contributed by atoms with Crippen LogP contribution in [0.4, 0.5) is 5.69 Å². The minimum atomic E-state index is -3.89. The third kappa shape index (κ3) is 7.88. The summed E-state index contributed by atoms with van der Waals surface area (Å²) in [5, 5.41) is 2.85. The maximum atomic E-state index is 13.6. The summed E-state index contributed by atoms with van der Waals surface area (Å²) in [6, 6.07) is 13.1. The van der Waals surface area contributed by atoms with Crippen molar-refractivity contribution >= 4 is 27.5 Å². The molecule has 0 saturated carbocycles. The van der Waals surface area contributed by atoms with Crippen LogP contribution in [0.1, 0.15) is 26.3 Å². The SMILES string of the molecule is COc1ccc(OC)c(N(CC(=O)N(Cc2ccccc2)[C@@H](C)C(=O)NCC(C)C)S(C)(=O)=O)c1. The summed E-state index contributed by atoms with van der Waals surface area (Å²) in [4.78, 5) is 27.8. The topological polar surface area (TPSA) is 105 Å². The van der Waals surface area contributed by atoms with E-state index in [-0.39, 0.29) is 29.8 Å². The first-order valence-electron chi connectivity index (χ1n) is 11.3. The first-order valence-corrected chi connectivity index (χ1v) is 13.1. The maximum Gasteiger partial charge on any atom is 0.244 e. The van der Waals surface area contributed by atoms with Crippen molar-refractivity contribution in [2.45, 2.75) is 33.4 Å². The van der Waals surface area contributed by atoms with Gasteiger partial charge in [0.15, 0.2) is 0 Å². The van der Waals surface area contributed by atoms with Gasteiger partial charge in [-0.05, 0) is 30.5 Å². The number of amides is 2. The minimum Gasteiger partial charge on any atom is -0.497 e. The molecular formula is C25H35N3O6S. The predicted molar refractivity (Wildman–Crippen MR) is 136 cm³/mol. The second kappa shape index (κ2) is 12.4. The van der Waals surface area contributed by atoms with Gasteiger partial charge in [0.05, 0.1) is 26.2 Å². The number of anilines is 1. The molecule has 1 atom stereocenters. The largest absolute Gasteiger partial charge is 0.497 e. The van der Waals surface area contributed by atoms with Gasteiger partial charge in [0, 0.05) is 19.2 Å². The molecule has 2 aromatic carbocycles. The van der Waals surface area contributed by atoms with Crippen LogP contribution in [0.5, 0.6) is 11.5 Å². The van der Waals surface area contributed by atoms with Gasteiger partial charge < -0.3 is 19.7 Å². The molecule has 0 bridgehead atoms. The highest BCUT2D eigenvalue weighted by atomic mass is 32.2. The van der Waals surface area contributed by atoms with E-state index < -0.39 is 28.5 Å². The molecule has 0 aliphatic heterocycles. The highest BCUT2D eigenvalue weighted by molar-refractivity contribution is 7.92. The van der Waals surface area contributed by atoms with E-state index in [0.717, 1.165) is 16.1 Å². The molecule has 0 unspecified atom stereocenters. The fraction of sp³-hybridized carbons (Fsp3) is 0.440. The van der Waals surface area contributed by atoms with Crippen molar-refractivity contribution in [1.29, 1.82) is 0 Å². The average molecular weight is 506 g/mol. The zero-order chi connectivity index (χ0) is 26.2. The quantitative estimate of drug-likeness (QED) is 0.476. The number of nitrogens with zero attached hydrogens (tertiary/aromatic N) is 2. The molecule has 0 heterocycles. The Balaban J connectivity index is 2.43. The third-order valence-corrected chi connectivity index (χ3v) is 6.51. The van der Waals surface area contributed by atoms with Crippen molar-refractivity contribution in [3.8, 4) is 11.5 Å². The first kappa shape index (κ1) is 28.0. The van der Waals surface area contributed by atoms with Crippen LogP contribution in [0.15, 0.2) is 48.5 Å². The van der Waals surface area contributed by atoms with Crippen LogP contribution >= 0.6 is 0 Å². The van der Waals surface area contributed by atoms with E-state index in [4.69, 9.17) is 9.47 Å². The van der Waals surface area contributed by atoms with Crippen molar-refractivity contribution in [2.75, 3.05) is 37.9 Å². The molecule has 1 N–H and O–H groups in total. The summed E-state index contributed by atoms with van der Waals surface area (Å²) < 4.78 is 37.1. The maximum absolute atomic E-state index is 13.6. The number of methoxy groups -OCH3 is 2. The van der Waals surface area contributed by atoms with Crippen LogP contribution in [-0.4, -0.2) is 64.7 Å². The number of carbonyl (C=O) groups is 2. The van der Waals surface area contributed by atoms with E-state index >= 15 is 0 Å². The van der Waals surface area contributed by atoms with Crippen LogP contribution in [0.3, 0.4) is 0 Å². The molecule has 192 valence electrons. The van der Waals surface area contributed by atoms with E-state index in [0.29, 0.717) is 12.3 Å². The lowest BCUT2D eigenvalue weighted by Crippen LogP contribution is -2.51. The van der Waals surface area contributed by atoms with Crippen LogP contribution in [-0.2, 0) is 26.2 Å². The molecule has 2 amide bonds. The standard InChI is InChI=1S/C25H35N3O6S/c1-18(2)15-26-25(30)19(3)27(16-20-10-8-7-9-11-20)24(29)17-28(35(6,31)32)22-14-21(33-4)12-13-23(22)34-5/h7-14,18-19H,15-17H2,1-6H3,(H,26,30)/t19-/m0/s1. The minimum absolute atomic E-state index is 0.142. The van der Waals surface area contributed by atoms with Gasteiger partial charge in [-0.15, -0.1) is 0 Å². The summed E-state index contributed by atoms with van der Waals surface area (Å²) in [7, 11) is -1.02. The van der Waals surface area contributed by atoms with Gasteiger partial charge in [-0.25, -0.2) is 8.42 Å².